The SMILES string of the molecule is CCc1ccc(NC(=O)CSc2nnc(C(C)NC(=O)c3ccccc3F)n2CC)cc1. The van der Waals surface area contributed by atoms with Crippen molar-refractivity contribution < 1.29 is 14.0 Å². The zero-order valence-electron chi connectivity index (χ0n) is 18.3. The molecule has 9 heteroatoms. The molecule has 32 heavy (non-hydrogen) atoms. The van der Waals surface area contributed by atoms with Crippen molar-refractivity contribution >= 4 is 29.3 Å². The molecule has 0 saturated heterocycles. The highest BCUT2D eigenvalue weighted by atomic mass is 32.2. The second-order valence-corrected chi connectivity index (χ2v) is 8.09. The Morgan fingerprint density at radius 2 is 1.81 bits per heavy atom. The average molecular weight is 456 g/mol. The summed E-state index contributed by atoms with van der Waals surface area (Å²) in [4.78, 5) is 24.8. The molecule has 0 saturated carbocycles. The first-order valence-electron chi connectivity index (χ1n) is 10.4. The van der Waals surface area contributed by atoms with Gasteiger partial charge in [0, 0.05) is 12.2 Å². The number of carbonyl (C=O) groups excluding carboxylic acids is 2. The summed E-state index contributed by atoms with van der Waals surface area (Å²) in [6, 6.07) is 13.1. The van der Waals surface area contributed by atoms with E-state index in [9.17, 15) is 14.0 Å². The molecule has 1 unspecified atom stereocenters. The van der Waals surface area contributed by atoms with E-state index < -0.39 is 17.8 Å². The molecule has 0 aliphatic carbocycles. The first-order valence-corrected chi connectivity index (χ1v) is 11.4. The number of carbonyl (C=O) groups is 2. The van der Waals surface area contributed by atoms with Crippen LogP contribution >= 0.6 is 11.8 Å². The zero-order chi connectivity index (χ0) is 23.1. The van der Waals surface area contributed by atoms with E-state index in [1.54, 1.807) is 13.0 Å². The molecule has 2 aromatic carbocycles. The Labute approximate surface area is 190 Å². The van der Waals surface area contributed by atoms with Crippen molar-refractivity contribution in [3.05, 3.63) is 71.3 Å². The van der Waals surface area contributed by atoms with Gasteiger partial charge in [0.25, 0.3) is 5.91 Å². The number of benzene rings is 2. The lowest BCUT2D eigenvalue weighted by Crippen LogP contribution is -2.29. The zero-order valence-corrected chi connectivity index (χ0v) is 19.1. The van der Waals surface area contributed by atoms with E-state index in [0.29, 0.717) is 17.5 Å². The van der Waals surface area contributed by atoms with Crippen LogP contribution in [0.3, 0.4) is 0 Å². The Morgan fingerprint density at radius 3 is 2.47 bits per heavy atom. The first kappa shape index (κ1) is 23.5. The second kappa shape index (κ2) is 10.9. The monoisotopic (exact) mass is 455 g/mol. The molecule has 0 fully saturated rings. The minimum absolute atomic E-state index is 0.0276. The van der Waals surface area contributed by atoms with Gasteiger partial charge in [-0.2, -0.15) is 0 Å². The summed E-state index contributed by atoms with van der Waals surface area (Å²) < 4.78 is 15.7. The summed E-state index contributed by atoms with van der Waals surface area (Å²) in [7, 11) is 0. The highest BCUT2D eigenvalue weighted by Gasteiger charge is 2.21. The van der Waals surface area contributed by atoms with Crippen LogP contribution in [0.4, 0.5) is 10.1 Å². The number of rotatable bonds is 9. The Balaban J connectivity index is 1.61. The largest absolute Gasteiger partial charge is 0.342 e. The Hall–Kier alpha value is -3.20. The lowest BCUT2D eigenvalue weighted by molar-refractivity contribution is -0.113. The highest BCUT2D eigenvalue weighted by molar-refractivity contribution is 7.99. The van der Waals surface area contributed by atoms with E-state index in [1.165, 1.54) is 35.5 Å². The topological polar surface area (TPSA) is 88.9 Å². The summed E-state index contributed by atoms with van der Waals surface area (Å²) in [5, 5.41) is 14.6. The Bertz CT molecular complexity index is 1080. The van der Waals surface area contributed by atoms with Gasteiger partial charge in [-0.1, -0.05) is 43.0 Å². The van der Waals surface area contributed by atoms with Crippen LogP contribution in [0.1, 0.15) is 48.6 Å². The second-order valence-electron chi connectivity index (χ2n) is 7.15. The predicted molar refractivity (Wildman–Crippen MR) is 123 cm³/mol. The van der Waals surface area contributed by atoms with Crippen LogP contribution in [0, 0.1) is 5.82 Å². The minimum atomic E-state index is -0.583. The average Bonchev–Trinajstić information content (AvgIpc) is 3.21. The maximum Gasteiger partial charge on any atom is 0.254 e. The van der Waals surface area contributed by atoms with Crippen LogP contribution in [0.5, 0.6) is 0 Å². The number of thioether (sulfide) groups is 1. The number of anilines is 1. The predicted octanol–water partition coefficient (Wildman–Crippen LogP) is 4.22. The molecule has 1 atom stereocenters. The third-order valence-electron chi connectivity index (χ3n) is 4.89. The van der Waals surface area contributed by atoms with Crippen molar-refractivity contribution in [2.45, 2.75) is 44.9 Å². The maximum atomic E-state index is 13.9. The number of nitrogens with one attached hydrogen (secondary N) is 2. The van der Waals surface area contributed by atoms with E-state index in [2.05, 4.69) is 27.8 Å². The summed E-state index contributed by atoms with van der Waals surface area (Å²) >= 11 is 1.27. The van der Waals surface area contributed by atoms with Gasteiger partial charge in [0.05, 0.1) is 17.4 Å². The van der Waals surface area contributed by atoms with Crippen LogP contribution in [0.25, 0.3) is 0 Å². The number of hydrogen-bond acceptors (Lipinski definition) is 5. The van der Waals surface area contributed by atoms with Crippen LogP contribution in [0.2, 0.25) is 0 Å². The molecule has 3 rings (SSSR count). The molecule has 2 N–H and O–H groups in total. The number of halogens is 1. The van der Waals surface area contributed by atoms with Crippen molar-refractivity contribution in [1.82, 2.24) is 20.1 Å². The normalized spacial score (nSPS) is 11.8. The van der Waals surface area contributed by atoms with Crippen molar-refractivity contribution in [3.8, 4) is 0 Å². The minimum Gasteiger partial charge on any atom is -0.342 e. The molecule has 168 valence electrons. The van der Waals surface area contributed by atoms with Gasteiger partial charge in [-0.3, -0.25) is 9.59 Å². The maximum absolute atomic E-state index is 13.9. The number of hydrogen-bond donors (Lipinski definition) is 2. The van der Waals surface area contributed by atoms with Gasteiger partial charge < -0.3 is 15.2 Å². The fraction of sp³-hybridized carbons (Fsp3) is 0.304. The van der Waals surface area contributed by atoms with Crippen LogP contribution < -0.4 is 10.6 Å². The summed E-state index contributed by atoms with van der Waals surface area (Å²) in [6.07, 6.45) is 0.943. The molecule has 1 heterocycles. The van der Waals surface area contributed by atoms with Gasteiger partial charge in [0.15, 0.2) is 11.0 Å². The van der Waals surface area contributed by atoms with E-state index in [0.717, 1.165) is 12.1 Å². The van der Waals surface area contributed by atoms with Crippen LogP contribution in [-0.4, -0.2) is 32.3 Å². The first-order chi connectivity index (χ1) is 15.4. The van der Waals surface area contributed by atoms with E-state index in [4.69, 9.17) is 0 Å². The number of aryl methyl sites for hydroxylation is 1. The van der Waals surface area contributed by atoms with Gasteiger partial charge >= 0.3 is 0 Å². The molecule has 2 amide bonds. The fourth-order valence-corrected chi connectivity index (χ4v) is 3.97. The van der Waals surface area contributed by atoms with Gasteiger partial charge in [-0.15, -0.1) is 10.2 Å². The summed E-state index contributed by atoms with van der Waals surface area (Å²) in [6.45, 7) is 6.33. The molecule has 0 radical (unpaired) electrons. The molecule has 0 aliphatic heterocycles. The summed E-state index contributed by atoms with van der Waals surface area (Å²) in [5.74, 6) is -0.545. The van der Waals surface area contributed by atoms with Crippen molar-refractivity contribution in [2.24, 2.45) is 0 Å². The van der Waals surface area contributed by atoms with Gasteiger partial charge in [-0.05, 0) is 50.1 Å². The van der Waals surface area contributed by atoms with Crippen molar-refractivity contribution in [3.63, 3.8) is 0 Å². The van der Waals surface area contributed by atoms with Gasteiger partial charge in [0.2, 0.25) is 5.91 Å². The molecule has 0 aliphatic rings. The Morgan fingerprint density at radius 1 is 1.09 bits per heavy atom. The van der Waals surface area contributed by atoms with Crippen molar-refractivity contribution in [1.29, 1.82) is 0 Å². The number of amides is 2. The van der Waals surface area contributed by atoms with Crippen LogP contribution in [0.15, 0.2) is 53.7 Å². The third kappa shape index (κ3) is 5.73. The van der Waals surface area contributed by atoms with E-state index in [-0.39, 0.29) is 17.2 Å². The standard InChI is InChI=1S/C23H26FN5O2S/c1-4-16-10-12-17(13-11-16)26-20(30)14-32-23-28-27-21(29(23)5-2)15(3)25-22(31)18-8-6-7-9-19(18)24/h6-13,15H,4-5,14H2,1-3H3,(H,25,31)(H,26,30). The Kier molecular flexibility index (Phi) is 7.99. The van der Waals surface area contributed by atoms with E-state index in [1.807, 2.05) is 35.8 Å². The smallest absolute Gasteiger partial charge is 0.254 e. The lowest BCUT2D eigenvalue weighted by atomic mass is 10.1. The number of aromatic nitrogens is 3. The molecule has 3 aromatic rings. The number of nitrogens with zero attached hydrogens (tertiary/aromatic N) is 3. The lowest BCUT2D eigenvalue weighted by Gasteiger charge is -2.15. The van der Waals surface area contributed by atoms with E-state index >= 15 is 0 Å². The fourth-order valence-electron chi connectivity index (χ4n) is 3.16. The molecular formula is C23H26FN5O2S. The molecule has 1 aromatic heterocycles. The van der Waals surface area contributed by atoms with Gasteiger partial charge in [-0.25, -0.2) is 4.39 Å². The molecule has 0 bridgehead atoms. The molecule has 0 spiro atoms. The highest BCUT2D eigenvalue weighted by Crippen LogP contribution is 2.21. The van der Waals surface area contributed by atoms with Gasteiger partial charge in [0.1, 0.15) is 5.82 Å². The van der Waals surface area contributed by atoms with Crippen LogP contribution in [-0.2, 0) is 17.8 Å². The van der Waals surface area contributed by atoms with Crippen molar-refractivity contribution in [2.75, 3.05) is 11.1 Å². The molecule has 7 nitrogen and oxygen atoms in total. The summed E-state index contributed by atoms with van der Waals surface area (Å²) in [5.41, 5.74) is 1.92. The third-order valence-corrected chi connectivity index (χ3v) is 5.86. The quantitative estimate of drug-likeness (QED) is 0.472. The molecular weight excluding hydrogens is 429 g/mol.